The molecule has 1 aliphatic rings. The lowest BCUT2D eigenvalue weighted by atomic mass is 9.86. The van der Waals surface area contributed by atoms with Crippen molar-refractivity contribution in [3.63, 3.8) is 0 Å². The SMILES string of the molecule is c1ccc(-c2cc(-c3cnc(-c4ccccc4)nc3)nc(-c3ccc4c(c3)-c3ccccc3Oc3ccccc3-c3ccccc3-c3ccccc3-4)n2)cc1. The number of hydrogen-bond acceptors (Lipinski definition) is 5. The molecule has 0 bridgehead atoms. The number of nitrogens with zero attached hydrogens (tertiary/aromatic N) is 4. The molecule has 9 aromatic rings. The lowest BCUT2D eigenvalue weighted by Crippen LogP contribution is -1.98. The average Bonchev–Trinajstić information content (AvgIpc) is 3.28. The first-order valence-corrected chi connectivity index (χ1v) is 18.3. The van der Waals surface area contributed by atoms with Gasteiger partial charge in [-0.1, -0.05) is 158 Å². The van der Waals surface area contributed by atoms with Crippen LogP contribution in [0.5, 0.6) is 11.5 Å². The van der Waals surface area contributed by atoms with Gasteiger partial charge >= 0.3 is 0 Å². The summed E-state index contributed by atoms with van der Waals surface area (Å²) in [4.78, 5) is 19.8. The summed E-state index contributed by atoms with van der Waals surface area (Å²) in [6.07, 6.45) is 3.68. The van der Waals surface area contributed by atoms with Crippen LogP contribution in [0.25, 0.3) is 89.8 Å². The van der Waals surface area contributed by atoms with E-state index >= 15 is 0 Å². The van der Waals surface area contributed by atoms with Gasteiger partial charge in [-0.25, -0.2) is 19.9 Å². The van der Waals surface area contributed by atoms with Gasteiger partial charge in [0.15, 0.2) is 11.6 Å². The second kappa shape index (κ2) is 13.8. The molecule has 55 heavy (non-hydrogen) atoms. The quantitative estimate of drug-likeness (QED) is 0.182. The number of rotatable bonds is 4. The first-order chi connectivity index (χ1) is 27.3. The summed E-state index contributed by atoms with van der Waals surface area (Å²) in [5.74, 6) is 2.82. The third-order valence-corrected chi connectivity index (χ3v) is 10.1. The molecule has 0 aliphatic carbocycles. The summed E-state index contributed by atoms with van der Waals surface area (Å²) in [5.41, 5.74) is 13.8. The summed E-state index contributed by atoms with van der Waals surface area (Å²) in [5, 5.41) is 0. The van der Waals surface area contributed by atoms with Crippen LogP contribution in [0.2, 0.25) is 0 Å². The highest BCUT2D eigenvalue weighted by atomic mass is 16.5. The fourth-order valence-corrected chi connectivity index (χ4v) is 7.40. The Morgan fingerprint density at radius 1 is 0.291 bits per heavy atom. The maximum Gasteiger partial charge on any atom is 0.160 e. The molecule has 0 unspecified atom stereocenters. The molecule has 2 aromatic heterocycles. The molecule has 5 heteroatoms. The van der Waals surface area contributed by atoms with Crippen molar-refractivity contribution in [2.45, 2.75) is 0 Å². The zero-order valence-electron chi connectivity index (χ0n) is 29.7. The second-order valence-corrected chi connectivity index (χ2v) is 13.4. The molecule has 258 valence electrons. The highest BCUT2D eigenvalue weighted by Crippen LogP contribution is 2.48. The third kappa shape index (κ3) is 6.04. The Labute approximate surface area is 319 Å². The van der Waals surface area contributed by atoms with Gasteiger partial charge in [0.05, 0.1) is 11.4 Å². The third-order valence-electron chi connectivity index (χ3n) is 10.1. The van der Waals surface area contributed by atoms with Gasteiger partial charge in [-0.2, -0.15) is 0 Å². The van der Waals surface area contributed by atoms with Crippen LogP contribution in [-0.4, -0.2) is 19.9 Å². The van der Waals surface area contributed by atoms with Gasteiger partial charge in [0.25, 0.3) is 0 Å². The molecular weight excluding hydrogens is 673 g/mol. The van der Waals surface area contributed by atoms with Crippen LogP contribution in [0.3, 0.4) is 0 Å². The zero-order chi connectivity index (χ0) is 36.6. The van der Waals surface area contributed by atoms with Gasteiger partial charge in [0, 0.05) is 45.8 Å². The van der Waals surface area contributed by atoms with Crippen LogP contribution < -0.4 is 4.74 Å². The first kappa shape index (κ1) is 32.2. The second-order valence-electron chi connectivity index (χ2n) is 13.4. The first-order valence-electron chi connectivity index (χ1n) is 18.3. The molecular formula is C50H32N4O. The molecule has 3 heterocycles. The minimum absolute atomic E-state index is 0.600. The van der Waals surface area contributed by atoms with Crippen molar-refractivity contribution < 1.29 is 4.74 Å². The molecule has 1 aliphatic heterocycles. The molecule has 0 saturated carbocycles. The molecule has 0 radical (unpaired) electrons. The predicted molar refractivity (Wildman–Crippen MR) is 221 cm³/mol. The lowest BCUT2D eigenvalue weighted by molar-refractivity contribution is 0.486. The molecule has 10 rings (SSSR count). The fraction of sp³-hybridized carbons (Fsp3) is 0. The highest BCUT2D eigenvalue weighted by Gasteiger charge is 2.22. The van der Waals surface area contributed by atoms with E-state index in [0.29, 0.717) is 11.6 Å². The predicted octanol–water partition coefficient (Wildman–Crippen LogP) is 12.7. The Morgan fingerprint density at radius 3 is 1.31 bits per heavy atom. The molecule has 7 aromatic carbocycles. The summed E-state index contributed by atoms with van der Waals surface area (Å²) in [6, 6.07) is 62.5. The van der Waals surface area contributed by atoms with E-state index in [1.807, 2.05) is 91.3 Å². The largest absolute Gasteiger partial charge is 0.456 e. The van der Waals surface area contributed by atoms with E-state index in [9.17, 15) is 0 Å². The fourth-order valence-electron chi connectivity index (χ4n) is 7.40. The van der Waals surface area contributed by atoms with E-state index in [2.05, 4.69) is 103 Å². The molecule has 0 N–H and O–H groups in total. The Kier molecular flexibility index (Phi) is 8.08. The highest BCUT2D eigenvalue weighted by molar-refractivity contribution is 5.98. The van der Waals surface area contributed by atoms with Crippen molar-refractivity contribution in [3.05, 3.63) is 194 Å². The molecule has 0 atom stereocenters. The molecule has 0 amide bonds. The van der Waals surface area contributed by atoms with Gasteiger partial charge in [-0.3, -0.25) is 0 Å². The molecule has 0 saturated heterocycles. The van der Waals surface area contributed by atoms with Crippen LogP contribution in [0.1, 0.15) is 0 Å². The maximum absolute atomic E-state index is 6.88. The van der Waals surface area contributed by atoms with Crippen molar-refractivity contribution in [1.82, 2.24) is 19.9 Å². The molecule has 0 spiro atoms. The lowest BCUT2D eigenvalue weighted by Gasteiger charge is -2.18. The van der Waals surface area contributed by atoms with Gasteiger partial charge in [-0.15, -0.1) is 0 Å². The van der Waals surface area contributed by atoms with Crippen LogP contribution in [0, 0.1) is 0 Å². The average molecular weight is 705 g/mol. The maximum atomic E-state index is 6.88. The topological polar surface area (TPSA) is 60.8 Å². The van der Waals surface area contributed by atoms with E-state index in [1.165, 1.54) is 0 Å². The van der Waals surface area contributed by atoms with Gasteiger partial charge in [0.1, 0.15) is 11.5 Å². The summed E-state index contributed by atoms with van der Waals surface area (Å²) in [7, 11) is 0. The van der Waals surface area contributed by atoms with Gasteiger partial charge in [0.2, 0.25) is 0 Å². The van der Waals surface area contributed by atoms with Crippen LogP contribution in [0.15, 0.2) is 194 Å². The number of benzene rings is 7. The monoisotopic (exact) mass is 704 g/mol. The normalized spacial score (nSPS) is 11.4. The van der Waals surface area contributed by atoms with Crippen molar-refractivity contribution in [3.8, 4) is 101 Å². The van der Waals surface area contributed by atoms with Crippen molar-refractivity contribution in [2.24, 2.45) is 0 Å². The van der Waals surface area contributed by atoms with E-state index in [1.54, 1.807) is 0 Å². The van der Waals surface area contributed by atoms with Crippen molar-refractivity contribution >= 4 is 0 Å². The summed E-state index contributed by atoms with van der Waals surface area (Å²) in [6.45, 7) is 0. The zero-order valence-corrected chi connectivity index (χ0v) is 29.7. The number of hydrogen-bond donors (Lipinski definition) is 0. The number of fused-ring (bicyclic) bond motifs is 9. The van der Waals surface area contributed by atoms with E-state index in [-0.39, 0.29) is 0 Å². The minimum atomic E-state index is 0.600. The van der Waals surface area contributed by atoms with Crippen molar-refractivity contribution in [1.29, 1.82) is 0 Å². The van der Waals surface area contributed by atoms with Crippen LogP contribution >= 0.6 is 0 Å². The Hall–Kier alpha value is -7.50. The Bertz CT molecular complexity index is 2840. The van der Waals surface area contributed by atoms with Gasteiger partial charge < -0.3 is 4.74 Å². The Balaban J connectivity index is 1.19. The summed E-state index contributed by atoms with van der Waals surface area (Å²) < 4.78 is 6.88. The molecule has 5 nitrogen and oxygen atoms in total. The standard InChI is InChI=1S/C50H32N4O/c1-3-15-33(16-4-1)45-30-46(36-31-51-49(52-32-36)34-17-5-2-6-18-34)54-50(53-45)35-27-28-41-39-21-8-7-19-37(39)38-20-9-10-22-40(38)42-23-11-13-25-47(42)55-48-26-14-12-24-43(48)44(41)29-35/h1-32H. The number of aromatic nitrogens is 4. The molecule has 0 fully saturated rings. The number of para-hydroxylation sites is 2. The van der Waals surface area contributed by atoms with Gasteiger partial charge in [-0.05, 0) is 57.6 Å². The number of ether oxygens (including phenoxy) is 1. The van der Waals surface area contributed by atoms with E-state index in [4.69, 9.17) is 24.7 Å². The summed E-state index contributed by atoms with van der Waals surface area (Å²) >= 11 is 0. The van der Waals surface area contributed by atoms with Crippen LogP contribution in [0.4, 0.5) is 0 Å². The van der Waals surface area contributed by atoms with Crippen LogP contribution in [-0.2, 0) is 0 Å². The van der Waals surface area contributed by atoms with E-state index < -0.39 is 0 Å². The Morgan fingerprint density at radius 2 is 0.727 bits per heavy atom. The smallest absolute Gasteiger partial charge is 0.160 e. The van der Waals surface area contributed by atoms with E-state index in [0.717, 1.165) is 89.6 Å². The van der Waals surface area contributed by atoms with Crippen molar-refractivity contribution in [2.75, 3.05) is 0 Å². The minimum Gasteiger partial charge on any atom is -0.456 e.